The van der Waals surface area contributed by atoms with Gasteiger partial charge in [-0.1, -0.05) is 31.2 Å². The minimum Gasteiger partial charge on any atom is -0.493 e. The Kier molecular flexibility index (Phi) is 6.32. The van der Waals surface area contributed by atoms with E-state index in [0.717, 1.165) is 23.2 Å². The van der Waals surface area contributed by atoms with E-state index in [9.17, 15) is 4.79 Å². The highest BCUT2D eigenvalue weighted by molar-refractivity contribution is 7.80. The molecule has 0 aliphatic rings. The summed E-state index contributed by atoms with van der Waals surface area (Å²) in [4.78, 5) is 12.5. The lowest BCUT2D eigenvalue weighted by Crippen LogP contribution is -2.34. The van der Waals surface area contributed by atoms with Gasteiger partial charge in [0.1, 0.15) is 5.75 Å². The van der Waals surface area contributed by atoms with Crippen molar-refractivity contribution in [3.05, 3.63) is 59.2 Å². The molecule has 24 heavy (non-hydrogen) atoms. The third-order valence-corrected chi connectivity index (χ3v) is 3.88. The van der Waals surface area contributed by atoms with E-state index >= 15 is 0 Å². The molecule has 1 amide bonds. The molecule has 2 rings (SSSR count). The normalized spacial score (nSPS) is 10.1. The second-order valence-corrected chi connectivity index (χ2v) is 5.91. The standard InChI is InChI=1S/C19H22N2O2S/c1-4-12-23-17-11-6-5-9-15(17)18(22)21-19(24)20-16-10-7-8-13(2)14(16)3/h5-11H,4,12H2,1-3H3,(H2,20,21,22,24). The number of hydrogen-bond donors (Lipinski definition) is 2. The van der Waals surface area contributed by atoms with E-state index < -0.39 is 0 Å². The fourth-order valence-electron chi connectivity index (χ4n) is 2.20. The molecule has 126 valence electrons. The number of carbonyl (C=O) groups is 1. The predicted octanol–water partition coefficient (Wildman–Crippen LogP) is 4.22. The van der Waals surface area contributed by atoms with E-state index in [1.54, 1.807) is 18.2 Å². The van der Waals surface area contributed by atoms with E-state index in [4.69, 9.17) is 17.0 Å². The minimum absolute atomic E-state index is 0.263. The van der Waals surface area contributed by atoms with Crippen molar-refractivity contribution in [3.63, 3.8) is 0 Å². The number of aryl methyl sites for hydroxylation is 1. The molecule has 2 N–H and O–H groups in total. The summed E-state index contributed by atoms with van der Waals surface area (Å²) in [6, 6.07) is 13.1. The Bertz CT molecular complexity index is 744. The van der Waals surface area contributed by atoms with Crippen LogP contribution in [0.2, 0.25) is 0 Å². The van der Waals surface area contributed by atoms with Gasteiger partial charge in [0.05, 0.1) is 12.2 Å². The first-order valence-corrected chi connectivity index (χ1v) is 8.34. The molecule has 2 aromatic carbocycles. The van der Waals surface area contributed by atoms with Crippen LogP contribution in [0.25, 0.3) is 0 Å². The summed E-state index contributed by atoms with van der Waals surface area (Å²) in [5.74, 6) is 0.274. The fourth-order valence-corrected chi connectivity index (χ4v) is 2.41. The lowest BCUT2D eigenvalue weighted by molar-refractivity contribution is 0.0973. The van der Waals surface area contributed by atoms with Gasteiger partial charge in [0.2, 0.25) is 0 Å². The van der Waals surface area contributed by atoms with Crippen LogP contribution in [0.15, 0.2) is 42.5 Å². The quantitative estimate of drug-likeness (QED) is 0.799. The van der Waals surface area contributed by atoms with Gasteiger partial charge in [0.15, 0.2) is 5.11 Å². The molecular weight excluding hydrogens is 320 g/mol. The van der Waals surface area contributed by atoms with Crippen LogP contribution in [-0.4, -0.2) is 17.6 Å². The van der Waals surface area contributed by atoms with Crippen molar-refractivity contribution in [2.45, 2.75) is 27.2 Å². The van der Waals surface area contributed by atoms with Gasteiger partial charge in [-0.25, -0.2) is 0 Å². The molecule has 5 heteroatoms. The van der Waals surface area contributed by atoms with E-state index in [1.807, 2.05) is 45.0 Å². The molecular formula is C19H22N2O2S. The van der Waals surface area contributed by atoms with Crippen LogP contribution in [0.5, 0.6) is 5.75 Å². The largest absolute Gasteiger partial charge is 0.493 e. The summed E-state index contributed by atoms with van der Waals surface area (Å²) in [7, 11) is 0. The number of nitrogens with one attached hydrogen (secondary N) is 2. The number of carbonyl (C=O) groups excluding carboxylic acids is 1. The smallest absolute Gasteiger partial charge is 0.261 e. The summed E-state index contributed by atoms with van der Waals surface area (Å²) in [6.45, 7) is 6.63. The summed E-state index contributed by atoms with van der Waals surface area (Å²) >= 11 is 5.26. The van der Waals surface area contributed by atoms with Crippen molar-refractivity contribution in [3.8, 4) is 5.75 Å². The molecule has 0 aliphatic heterocycles. The number of hydrogen-bond acceptors (Lipinski definition) is 3. The Labute approximate surface area is 148 Å². The topological polar surface area (TPSA) is 50.4 Å². The lowest BCUT2D eigenvalue weighted by atomic mass is 10.1. The number of rotatable bonds is 5. The van der Waals surface area contributed by atoms with Crippen molar-refractivity contribution >= 4 is 28.9 Å². The van der Waals surface area contributed by atoms with E-state index in [-0.39, 0.29) is 11.0 Å². The number of anilines is 1. The second kappa shape index (κ2) is 8.45. The summed E-state index contributed by atoms with van der Waals surface area (Å²) in [5, 5.41) is 6.05. The zero-order chi connectivity index (χ0) is 17.5. The van der Waals surface area contributed by atoms with Gasteiger partial charge in [-0.05, 0) is 61.8 Å². The molecule has 0 aromatic heterocycles. The number of thiocarbonyl (C=S) groups is 1. The van der Waals surface area contributed by atoms with Crippen molar-refractivity contribution in [2.75, 3.05) is 11.9 Å². The first-order chi connectivity index (χ1) is 11.5. The van der Waals surface area contributed by atoms with Crippen LogP contribution in [0, 0.1) is 13.8 Å². The molecule has 2 aromatic rings. The van der Waals surface area contributed by atoms with Gasteiger partial charge < -0.3 is 10.1 Å². The average Bonchev–Trinajstić information content (AvgIpc) is 2.57. The minimum atomic E-state index is -0.287. The Morgan fingerprint density at radius 3 is 2.62 bits per heavy atom. The maximum atomic E-state index is 12.5. The molecule has 0 aliphatic carbocycles. The molecule has 0 heterocycles. The van der Waals surface area contributed by atoms with Crippen LogP contribution in [0.4, 0.5) is 5.69 Å². The molecule has 0 unspecified atom stereocenters. The van der Waals surface area contributed by atoms with Crippen molar-refractivity contribution in [1.29, 1.82) is 0 Å². The van der Waals surface area contributed by atoms with Crippen LogP contribution >= 0.6 is 12.2 Å². The monoisotopic (exact) mass is 342 g/mol. The van der Waals surface area contributed by atoms with Gasteiger partial charge in [0.25, 0.3) is 5.91 Å². The Morgan fingerprint density at radius 2 is 1.88 bits per heavy atom. The SMILES string of the molecule is CCCOc1ccccc1C(=O)NC(=S)Nc1cccc(C)c1C. The van der Waals surface area contributed by atoms with E-state index in [0.29, 0.717) is 17.9 Å². The zero-order valence-corrected chi connectivity index (χ0v) is 15.0. The van der Waals surface area contributed by atoms with Gasteiger partial charge in [0, 0.05) is 5.69 Å². The van der Waals surface area contributed by atoms with Crippen LogP contribution < -0.4 is 15.4 Å². The zero-order valence-electron chi connectivity index (χ0n) is 14.2. The molecule has 0 saturated heterocycles. The number of benzene rings is 2. The molecule has 0 radical (unpaired) electrons. The predicted molar refractivity (Wildman–Crippen MR) is 102 cm³/mol. The van der Waals surface area contributed by atoms with Crippen molar-refractivity contribution in [2.24, 2.45) is 0 Å². The number of para-hydroxylation sites is 1. The summed E-state index contributed by atoms with van der Waals surface area (Å²) in [6.07, 6.45) is 0.878. The molecule has 0 spiro atoms. The van der Waals surface area contributed by atoms with Crippen LogP contribution in [-0.2, 0) is 0 Å². The fraction of sp³-hybridized carbons (Fsp3) is 0.263. The van der Waals surface area contributed by atoms with Gasteiger partial charge in [-0.3, -0.25) is 10.1 Å². The number of amides is 1. The number of ether oxygens (including phenoxy) is 1. The van der Waals surface area contributed by atoms with Gasteiger partial charge >= 0.3 is 0 Å². The molecule has 0 atom stereocenters. The van der Waals surface area contributed by atoms with Gasteiger partial charge in [-0.15, -0.1) is 0 Å². The molecule has 4 nitrogen and oxygen atoms in total. The Hall–Kier alpha value is -2.40. The highest BCUT2D eigenvalue weighted by atomic mass is 32.1. The van der Waals surface area contributed by atoms with E-state index in [2.05, 4.69) is 10.6 Å². The molecule has 0 saturated carbocycles. The molecule has 0 bridgehead atoms. The highest BCUT2D eigenvalue weighted by Gasteiger charge is 2.14. The highest BCUT2D eigenvalue weighted by Crippen LogP contribution is 2.19. The van der Waals surface area contributed by atoms with Crippen molar-refractivity contribution < 1.29 is 9.53 Å². The molecule has 0 fully saturated rings. The van der Waals surface area contributed by atoms with Crippen molar-refractivity contribution in [1.82, 2.24) is 5.32 Å². The maximum absolute atomic E-state index is 12.5. The Balaban J connectivity index is 2.07. The van der Waals surface area contributed by atoms with Gasteiger partial charge in [-0.2, -0.15) is 0 Å². The third-order valence-electron chi connectivity index (χ3n) is 3.67. The first kappa shape index (κ1) is 17.9. The summed E-state index contributed by atoms with van der Waals surface area (Å²) < 4.78 is 5.62. The maximum Gasteiger partial charge on any atom is 0.261 e. The lowest BCUT2D eigenvalue weighted by Gasteiger charge is -2.14. The second-order valence-electron chi connectivity index (χ2n) is 5.50. The first-order valence-electron chi connectivity index (χ1n) is 7.93. The average molecular weight is 342 g/mol. The van der Waals surface area contributed by atoms with E-state index in [1.165, 1.54) is 0 Å². The Morgan fingerprint density at radius 1 is 1.12 bits per heavy atom. The third kappa shape index (κ3) is 4.55. The summed E-state index contributed by atoms with van der Waals surface area (Å²) in [5.41, 5.74) is 3.61. The van der Waals surface area contributed by atoms with Crippen LogP contribution in [0.3, 0.4) is 0 Å². The van der Waals surface area contributed by atoms with Crippen LogP contribution in [0.1, 0.15) is 34.8 Å².